The van der Waals surface area contributed by atoms with Crippen LogP contribution in [0.25, 0.3) is 0 Å². The first kappa shape index (κ1) is 14.1. The van der Waals surface area contributed by atoms with Crippen LogP contribution in [0.15, 0.2) is 36.7 Å². The molecular formula is C14H17N3O3. The minimum Gasteiger partial charge on any atom is -0.496 e. The number of benzene rings is 1. The Morgan fingerprint density at radius 3 is 2.85 bits per heavy atom. The molecule has 0 fully saturated rings. The van der Waals surface area contributed by atoms with E-state index in [1.54, 1.807) is 19.2 Å². The zero-order chi connectivity index (χ0) is 14.5. The van der Waals surface area contributed by atoms with Gasteiger partial charge in [-0.3, -0.25) is 10.1 Å². The number of nitrogens with zero attached hydrogens (tertiary/aromatic N) is 2. The summed E-state index contributed by atoms with van der Waals surface area (Å²) in [6.07, 6.45) is 4.74. The van der Waals surface area contributed by atoms with Crippen LogP contribution in [0, 0.1) is 10.1 Å². The highest BCUT2D eigenvalue weighted by atomic mass is 16.6. The number of non-ortho nitro benzene ring substituents is 1. The Labute approximate surface area is 116 Å². The molecule has 0 saturated heterocycles. The Hall–Kier alpha value is -2.34. The van der Waals surface area contributed by atoms with Crippen LogP contribution in [0.2, 0.25) is 0 Å². The van der Waals surface area contributed by atoms with Gasteiger partial charge in [0.1, 0.15) is 5.75 Å². The van der Waals surface area contributed by atoms with E-state index in [0.717, 1.165) is 17.5 Å². The molecule has 0 saturated carbocycles. The standard InChI is InChI=1S/C14H17N3O3/c1-20-14-3-2-13(17(18)19)8-12(14)10-16-7-5-11(9-16)4-6-15/h2-3,5,7-9H,4,6,10,15H2,1H3. The van der Waals surface area contributed by atoms with Gasteiger partial charge in [-0.25, -0.2) is 0 Å². The van der Waals surface area contributed by atoms with Gasteiger partial charge in [-0.05, 0) is 30.7 Å². The molecule has 1 aromatic carbocycles. The Balaban J connectivity index is 2.25. The number of hydrogen-bond donors (Lipinski definition) is 1. The number of ether oxygens (including phenoxy) is 1. The second-order valence-corrected chi connectivity index (χ2v) is 4.48. The summed E-state index contributed by atoms with van der Waals surface area (Å²) in [5, 5.41) is 10.8. The molecule has 1 heterocycles. The zero-order valence-electron chi connectivity index (χ0n) is 11.3. The van der Waals surface area contributed by atoms with Crippen LogP contribution < -0.4 is 10.5 Å². The Morgan fingerprint density at radius 2 is 2.20 bits per heavy atom. The molecule has 20 heavy (non-hydrogen) atoms. The van der Waals surface area contributed by atoms with Crippen LogP contribution in [-0.2, 0) is 13.0 Å². The van der Waals surface area contributed by atoms with E-state index in [1.165, 1.54) is 6.07 Å². The van der Waals surface area contributed by atoms with Crippen LogP contribution in [0.4, 0.5) is 5.69 Å². The predicted octanol–water partition coefficient (Wildman–Crippen LogP) is 1.95. The average Bonchev–Trinajstić information content (AvgIpc) is 2.86. The number of methoxy groups -OCH3 is 1. The van der Waals surface area contributed by atoms with Crippen molar-refractivity contribution in [2.45, 2.75) is 13.0 Å². The molecule has 106 valence electrons. The maximum atomic E-state index is 10.8. The van der Waals surface area contributed by atoms with E-state index in [9.17, 15) is 10.1 Å². The SMILES string of the molecule is COc1ccc([N+](=O)[O-])cc1Cn1ccc(CCN)c1. The van der Waals surface area contributed by atoms with Gasteiger partial charge in [0.15, 0.2) is 0 Å². The molecule has 0 amide bonds. The molecule has 0 atom stereocenters. The van der Waals surface area contributed by atoms with Crippen molar-refractivity contribution in [2.75, 3.05) is 13.7 Å². The lowest BCUT2D eigenvalue weighted by Crippen LogP contribution is -2.03. The summed E-state index contributed by atoms with van der Waals surface area (Å²) < 4.78 is 7.22. The highest BCUT2D eigenvalue weighted by molar-refractivity contribution is 5.44. The van der Waals surface area contributed by atoms with Gasteiger partial charge in [0, 0.05) is 30.1 Å². The van der Waals surface area contributed by atoms with E-state index < -0.39 is 4.92 Å². The maximum Gasteiger partial charge on any atom is 0.270 e. The monoisotopic (exact) mass is 275 g/mol. The van der Waals surface area contributed by atoms with Crippen molar-refractivity contribution in [2.24, 2.45) is 5.73 Å². The molecule has 0 unspecified atom stereocenters. The molecule has 2 rings (SSSR count). The number of hydrogen-bond acceptors (Lipinski definition) is 4. The largest absolute Gasteiger partial charge is 0.496 e. The van der Waals surface area contributed by atoms with E-state index in [0.29, 0.717) is 18.8 Å². The van der Waals surface area contributed by atoms with Crippen molar-refractivity contribution in [3.8, 4) is 5.75 Å². The molecule has 0 aliphatic rings. The first-order chi connectivity index (χ1) is 9.63. The molecule has 2 aromatic rings. The van der Waals surface area contributed by atoms with Crippen molar-refractivity contribution in [3.63, 3.8) is 0 Å². The lowest BCUT2D eigenvalue weighted by atomic mass is 10.1. The van der Waals surface area contributed by atoms with Gasteiger partial charge >= 0.3 is 0 Å². The summed E-state index contributed by atoms with van der Waals surface area (Å²) in [5.41, 5.74) is 7.51. The van der Waals surface area contributed by atoms with Gasteiger partial charge in [0.05, 0.1) is 18.6 Å². The van der Waals surface area contributed by atoms with E-state index in [-0.39, 0.29) is 5.69 Å². The van der Waals surface area contributed by atoms with Gasteiger partial charge in [0.2, 0.25) is 0 Å². The van der Waals surface area contributed by atoms with E-state index in [1.807, 2.05) is 23.0 Å². The third-order valence-electron chi connectivity index (χ3n) is 3.07. The highest BCUT2D eigenvalue weighted by Gasteiger charge is 2.11. The minimum atomic E-state index is -0.404. The molecule has 6 nitrogen and oxygen atoms in total. The van der Waals surface area contributed by atoms with Crippen molar-refractivity contribution in [1.82, 2.24) is 4.57 Å². The van der Waals surface area contributed by atoms with Gasteiger partial charge in [-0.1, -0.05) is 0 Å². The summed E-state index contributed by atoms with van der Waals surface area (Å²) in [6, 6.07) is 6.60. The predicted molar refractivity (Wildman–Crippen MR) is 75.9 cm³/mol. The van der Waals surface area contributed by atoms with Gasteiger partial charge in [-0.15, -0.1) is 0 Å². The quantitative estimate of drug-likeness (QED) is 0.645. The van der Waals surface area contributed by atoms with Gasteiger partial charge < -0.3 is 15.0 Å². The molecule has 0 aliphatic carbocycles. The van der Waals surface area contributed by atoms with E-state index in [2.05, 4.69) is 0 Å². The highest BCUT2D eigenvalue weighted by Crippen LogP contribution is 2.25. The van der Waals surface area contributed by atoms with E-state index >= 15 is 0 Å². The van der Waals surface area contributed by atoms with Crippen LogP contribution in [0.3, 0.4) is 0 Å². The topological polar surface area (TPSA) is 83.3 Å². The van der Waals surface area contributed by atoms with Crippen LogP contribution in [0.5, 0.6) is 5.75 Å². The van der Waals surface area contributed by atoms with Crippen molar-refractivity contribution in [1.29, 1.82) is 0 Å². The molecule has 0 aliphatic heterocycles. The summed E-state index contributed by atoms with van der Waals surface area (Å²) >= 11 is 0. The molecule has 6 heteroatoms. The molecular weight excluding hydrogens is 258 g/mol. The smallest absolute Gasteiger partial charge is 0.270 e. The Morgan fingerprint density at radius 1 is 1.40 bits per heavy atom. The average molecular weight is 275 g/mol. The fourth-order valence-electron chi connectivity index (χ4n) is 2.10. The van der Waals surface area contributed by atoms with Crippen LogP contribution in [0.1, 0.15) is 11.1 Å². The number of aromatic nitrogens is 1. The van der Waals surface area contributed by atoms with Crippen molar-refractivity contribution in [3.05, 3.63) is 57.9 Å². The van der Waals surface area contributed by atoms with Crippen molar-refractivity contribution >= 4 is 5.69 Å². The minimum absolute atomic E-state index is 0.0649. The molecule has 2 N–H and O–H groups in total. The number of nitro groups is 1. The fourth-order valence-corrected chi connectivity index (χ4v) is 2.10. The number of nitro benzene ring substituents is 1. The zero-order valence-corrected chi connectivity index (χ0v) is 11.3. The summed E-state index contributed by atoms with van der Waals surface area (Å²) in [5.74, 6) is 0.643. The molecule has 0 radical (unpaired) electrons. The molecule has 1 aromatic heterocycles. The first-order valence-electron chi connectivity index (χ1n) is 6.30. The fraction of sp³-hybridized carbons (Fsp3) is 0.286. The Kier molecular flexibility index (Phi) is 4.37. The summed E-state index contributed by atoms with van der Waals surface area (Å²) in [4.78, 5) is 10.4. The third kappa shape index (κ3) is 3.16. The lowest BCUT2D eigenvalue weighted by molar-refractivity contribution is -0.384. The van der Waals surface area contributed by atoms with Crippen LogP contribution >= 0.6 is 0 Å². The number of nitrogens with two attached hydrogens (primary N) is 1. The van der Waals surface area contributed by atoms with Crippen LogP contribution in [-0.4, -0.2) is 23.1 Å². The van der Waals surface area contributed by atoms with Gasteiger partial charge in [0.25, 0.3) is 5.69 Å². The third-order valence-corrected chi connectivity index (χ3v) is 3.07. The molecule has 0 spiro atoms. The van der Waals surface area contributed by atoms with Gasteiger partial charge in [-0.2, -0.15) is 0 Å². The maximum absolute atomic E-state index is 10.8. The Bertz CT molecular complexity index is 607. The normalized spacial score (nSPS) is 10.5. The summed E-state index contributed by atoms with van der Waals surface area (Å²) in [6.45, 7) is 1.12. The van der Waals surface area contributed by atoms with E-state index in [4.69, 9.17) is 10.5 Å². The number of rotatable bonds is 6. The second-order valence-electron chi connectivity index (χ2n) is 4.48. The summed E-state index contributed by atoms with van der Waals surface area (Å²) in [7, 11) is 1.56. The second kappa shape index (κ2) is 6.21. The first-order valence-corrected chi connectivity index (χ1v) is 6.30. The lowest BCUT2D eigenvalue weighted by Gasteiger charge is -2.09. The molecule has 0 bridgehead atoms. The van der Waals surface area contributed by atoms with Crippen molar-refractivity contribution < 1.29 is 9.66 Å².